The Balaban J connectivity index is 1.76. The Labute approximate surface area is 152 Å². The van der Waals surface area contributed by atoms with Crippen molar-refractivity contribution in [2.24, 2.45) is 0 Å². The molecule has 0 atom stereocenters. The highest BCUT2D eigenvalue weighted by atomic mass is 19.3. The van der Waals surface area contributed by atoms with Crippen molar-refractivity contribution in [2.75, 3.05) is 7.05 Å². The highest BCUT2D eigenvalue weighted by Crippen LogP contribution is 2.50. The van der Waals surface area contributed by atoms with E-state index in [0.717, 1.165) is 35.1 Å². The Morgan fingerprint density at radius 2 is 1.81 bits per heavy atom. The molecule has 0 spiro atoms. The first-order chi connectivity index (χ1) is 12.3. The van der Waals surface area contributed by atoms with E-state index in [4.69, 9.17) is 0 Å². The summed E-state index contributed by atoms with van der Waals surface area (Å²) in [6, 6.07) is 12.8. The van der Waals surface area contributed by atoms with E-state index in [9.17, 15) is 13.6 Å². The van der Waals surface area contributed by atoms with Crippen molar-refractivity contribution < 1.29 is 18.3 Å². The van der Waals surface area contributed by atoms with Gasteiger partial charge in [-0.3, -0.25) is 4.79 Å². The third-order valence-electron chi connectivity index (χ3n) is 4.82. The molecular weight excluding hydrogens is 336 g/mol. The average molecular weight is 359 g/mol. The SMILES string of the molecule is Cc1cc(C)cc(C2(C(=O)N(C)Cc3cccc(OC(F)F)c3)CC2)c1. The van der Waals surface area contributed by atoms with Gasteiger partial charge in [0, 0.05) is 13.6 Å². The maximum Gasteiger partial charge on any atom is 0.387 e. The molecule has 0 unspecified atom stereocenters. The first kappa shape index (κ1) is 18.4. The third kappa shape index (κ3) is 3.87. The second kappa shape index (κ2) is 7.06. The van der Waals surface area contributed by atoms with Crippen molar-refractivity contribution in [3.05, 3.63) is 64.7 Å². The second-order valence-electron chi connectivity index (χ2n) is 7.15. The fraction of sp³-hybridized carbons (Fsp3) is 0.381. The molecule has 0 bridgehead atoms. The summed E-state index contributed by atoms with van der Waals surface area (Å²) in [4.78, 5) is 14.8. The van der Waals surface area contributed by atoms with E-state index in [1.807, 2.05) is 13.8 Å². The monoisotopic (exact) mass is 359 g/mol. The molecular formula is C21H23F2NO2. The number of likely N-dealkylation sites (N-methyl/N-ethyl adjacent to an activating group) is 1. The van der Waals surface area contributed by atoms with Gasteiger partial charge >= 0.3 is 6.61 Å². The van der Waals surface area contributed by atoms with Gasteiger partial charge in [-0.05, 0) is 49.9 Å². The van der Waals surface area contributed by atoms with Gasteiger partial charge < -0.3 is 9.64 Å². The lowest BCUT2D eigenvalue weighted by molar-refractivity contribution is -0.133. The first-order valence-electron chi connectivity index (χ1n) is 8.68. The first-order valence-corrected chi connectivity index (χ1v) is 8.68. The van der Waals surface area contributed by atoms with Crippen LogP contribution in [-0.2, 0) is 16.8 Å². The minimum Gasteiger partial charge on any atom is -0.435 e. The Morgan fingerprint density at radius 3 is 2.38 bits per heavy atom. The Hall–Kier alpha value is -2.43. The number of carbonyl (C=O) groups excluding carboxylic acids is 1. The van der Waals surface area contributed by atoms with Crippen molar-refractivity contribution in [3.63, 3.8) is 0 Å². The normalized spacial score (nSPS) is 15.0. The summed E-state index contributed by atoms with van der Waals surface area (Å²) < 4.78 is 29.2. The molecule has 0 saturated heterocycles. The van der Waals surface area contributed by atoms with Crippen molar-refractivity contribution >= 4 is 5.91 Å². The van der Waals surface area contributed by atoms with Crippen molar-refractivity contribution in [3.8, 4) is 5.75 Å². The number of halogens is 2. The lowest BCUT2D eigenvalue weighted by Crippen LogP contribution is -2.36. The van der Waals surface area contributed by atoms with E-state index in [2.05, 4.69) is 22.9 Å². The minimum atomic E-state index is -2.86. The average Bonchev–Trinajstić information content (AvgIpc) is 3.34. The Bertz CT molecular complexity index is 795. The predicted molar refractivity (Wildman–Crippen MR) is 96.4 cm³/mol. The van der Waals surface area contributed by atoms with Gasteiger partial charge in [0.25, 0.3) is 0 Å². The van der Waals surface area contributed by atoms with E-state index < -0.39 is 12.0 Å². The molecule has 2 aromatic rings. The number of amides is 1. The van der Waals surface area contributed by atoms with Crippen LogP contribution in [0.15, 0.2) is 42.5 Å². The van der Waals surface area contributed by atoms with Crippen LogP contribution in [0.3, 0.4) is 0 Å². The van der Waals surface area contributed by atoms with Crippen LogP contribution < -0.4 is 4.74 Å². The largest absolute Gasteiger partial charge is 0.435 e. The van der Waals surface area contributed by atoms with E-state index in [-0.39, 0.29) is 11.7 Å². The molecule has 26 heavy (non-hydrogen) atoms. The standard InChI is InChI=1S/C21H23F2NO2/c1-14-9-15(2)11-17(10-14)21(7-8-21)19(25)24(3)13-16-5-4-6-18(12-16)26-20(22)23/h4-6,9-12,20H,7-8,13H2,1-3H3. The summed E-state index contributed by atoms with van der Waals surface area (Å²) in [5.41, 5.74) is 3.69. The molecule has 0 aliphatic heterocycles. The zero-order valence-electron chi connectivity index (χ0n) is 15.3. The van der Waals surface area contributed by atoms with Gasteiger partial charge in [0.2, 0.25) is 5.91 Å². The number of alkyl halides is 2. The third-order valence-corrected chi connectivity index (χ3v) is 4.82. The van der Waals surface area contributed by atoms with Gasteiger partial charge in [0.1, 0.15) is 5.75 Å². The molecule has 0 N–H and O–H groups in total. The summed E-state index contributed by atoms with van der Waals surface area (Å²) in [6.07, 6.45) is 1.68. The van der Waals surface area contributed by atoms with E-state index in [0.29, 0.717) is 6.54 Å². The maximum absolute atomic E-state index is 13.1. The molecule has 0 radical (unpaired) electrons. The van der Waals surface area contributed by atoms with Gasteiger partial charge in [-0.15, -0.1) is 0 Å². The summed E-state index contributed by atoms with van der Waals surface area (Å²) in [5, 5.41) is 0. The lowest BCUT2D eigenvalue weighted by atomic mass is 9.91. The molecule has 138 valence electrons. The molecule has 0 heterocycles. The van der Waals surface area contributed by atoms with Gasteiger partial charge in [-0.25, -0.2) is 0 Å². The molecule has 1 aliphatic rings. The van der Waals surface area contributed by atoms with E-state index in [1.165, 1.54) is 6.07 Å². The number of rotatable bonds is 6. The number of ether oxygens (including phenoxy) is 1. The highest BCUT2D eigenvalue weighted by molar-refractivity contribution is 5.91. The zero-order chi connectivity index (χ0) is 18.9. The highest BCUT2D eigenvalue weighted by Gasteiger charge is 2.52. The molecule has 3 rings (SSSR count). The van der Waals surface area contributed by atoms with E-state index in [1.54, 1.807) is 30.1 Å². The molecule has 1 fully saturated rings. The van der Waals surface area contributed by atoms with Crippen LogP contribution in [0, 0.1) is 13.8 Å². The maximum atomic E-state index is 13.1. The van der Waals surface area contributed by atoms with Crippen LogP contribution in [0.1, 0.15) is 35.1 Å². The minimum absolute atomic E-state index is 0.0719. The zero-order valence-corrected chi connectivity index (χ0v) is 15.3. The molecule has 1 amide bonds. The molecule has 5 heteroatoms. The predicted octanol–water partition coefficient (Wildman–Crippen LogP) is 4.60. The van der Waals surface area contributed by atoms with Crippen LogP contribution in [0.2, 0.25) is 0 Å². The topological polar surface area (TPSA) is 29.5 Å². The van der Waals surface area contributed by atoms with Gasteiger partial charge in [-0.1, -0.05) is 41.5 Å². The van der Waals surface area contributed by atoms with Crippen LogP contribution >= 0.6 is 0 Å². The lowest BCUT2D eigenvalue weighted by Gasteiger charge is -2.25. The van der Waals surface area contributed by atoms with Crippen LogP contribution in [0.5, 0.6) is 5.75 Å². The summed E-state index contributed by atoms with van der Waals surface area (Å²) >= 11 is 0. The number of aryl methyl sites for hydroxylation is 2. The van der Waals surface area contributed by atoms with Crippen molar-refractivity contribution in [1.29, 1.82) is 0 Å². The summed E-state index contributed by atoms with van der Waals surface area (Å²) in [6.45, 7) is 1.57. The fourth-order valence-corrected chi connectivity index (χ4v) is 3.53. The Kier molecular flexibility index (Phi) is 4.99. The quantitative estimate of drug-likeness (QED) is 0.755. The van der Waals surface area contributed by atoms with E-state index >= 15 is 0 Å². The smallest absolute Gasteiger partial charge is 0.387 e. The number of nitrogens with zero attached hydrogens (tertiary/aromatic N) is 1. The number of hydrogen-bond acceptors (Lipinski definition) is 2. The number of benzene rings is 2. The van der Waals surface area contributed by atoms with Gasteiger partial charge in [0.15, 0.2) is 0 Å². The summed E-state index contributed by atoms with van der Waals surface area (Å²) in [7, 11) is 1.76. The second-order valence-corrected chi connectivity index (χ2v) is 7.15. The number of hydrogen-bond donors (Lipinski definition) is 0. The Morgan fingerprint density at radius 1 is 1.15 bits per heavy atom. The fourth-order valence-electron chi connectivity index (χ4n) is 3.53. The van der Waals surface area contributed by atoms with Crippen molar-refractivity contribution in [1.82, 2.24) is 4.90 Å². The van der Waals surface area contributed by atoms with Gasteiger partial charge in [-0.2, -0.15) is 8.78 Å². The number of carbonyl (C=O) groups is 1. The van der Waals surface area contributed by atoms with Crippen molar-refractivity contribution in [2.45, 2.75) is 45.3 Å². The van der Waals surface area contributed by atoms with Crippen LogP contribution in [-0.4, -0.2) is 24.5 Å². The van der Waals surface area contributed by atoms with Crippen LogP contribution in [0.4, 0.5) is 8.78 Å². The van der Waals surface area contributed by atoms with Gasteiger partial charge in [0.05, 0.1) is 5.41 Å². The molecule has 2 aromatic carbocycles. The molecule has 1 aliphatic carbocycles. The molecule has 3 nitrogen and oxygen atoms in total. The molecule has 1 saturated carbocycles. The summed E-state index contributed by atoms with van der Waals surface area (Å²) in [5.74, 6) is 0.177. The van der Waals surface area contributed by atoms with Crippen LogP contribution in [0.25, 0.3) is 0 Å². The molecule has 0 aromatic heterocycles.